The van der Waals surface area contributed by atoms with E-state index in [9.17, 15) is 9.90 Å². The SMILES string of the molecule is O=C(NCC(O)c1ccccc1)c1cc(-c2ccco2)nc2ccccc12. The highest BCUT2D eigenvalue weighted by Gasteiger charge is 2.16. The van der Waals surface area contributed by atoms with Crippen LogP contribution in [0.3, 0.4) is 0 Å². The van der Waals surface area contributed by atoms with Crippen molar-refractivity contribution in [2.75, 3.05) is 6.54 Å². The van der Waals surface area contributed by atoms with E-state index in [1.54, 1.807) is 24.5 Å². The number of nitrogens with one attached hydrogen (secondary N) is 1. The predicted octanol–water partition coefficient (Wildman–Crippen LogP) is 3.96. The summed E-state index contributed by atoms with van der Waals surface area (Å²) in [5.41, 5.74) is 2.55. The fourth-order valence-corrected chi connectivity index (χ4v) is 2.99. The molecule has 5 nitrogen and oxygen atoms in total. The molecule has 4 aromatic rings. The van der Waals surface area contributed by atoms with Crippen LogP contribution in [0.25, 0.3) is 22.4 Å². The second kappa shape index (κ2) is 7.43. The van der Waals surface area contributed by atoms with Crippen molar-refractivity contribution in [3.63, 3.8) is 0 Å². The van der Waals surface area contributed by atoms with Crippen LogP contribution in [0.15, 0.2) is 83.5 Å². The summed E-state index contributed by atoms with van der Waals surface area (Å²) in [6, 6.07) is 22.0. The molecule has 5 heteroatoms. The average molecular weight is 358 g/mol. The number of amides is 1. The third-order valence-electron chi connectivity index (χ3n) is 4.37. The van der Waals surface area contributed by atoms with Gasteiger partial charge in [-0.25, -0.2) is 4.98 Å². The zero-order chi connectivity index (χ0) is 18.6. The fraction of sp³-hybridized carbons (Fsp3) is 0.0909. The number of benzene rings is 2. The van der Waals surface area contributed by atoms with Crippen LogP contribution in [0, 0.1) is 0 Å². The highest BCUT2D eigenvalue weighted by Crippen LogP contribution is 2.25. The number of para-hydroxylation sites is 1. The Morgan fingerprint density at radius 3 is 2.59 bits per heavy atom. The Balaban J connectivity index is 1.63. The molecule has 0 saturated carbocycles. The number of rotatable bonds is 5. The third kappa shape index (κ3) is 3.59. The number of furan rings is 1. The van der Waals surface area contributed by atoms with E-state index < -0.39 is 6.10 Å². The topological polar surface area (TPSA) is 75.4 Å². The summed E-state index contributed by atoms with van der Waals surface area (Å²) in [6.07, 6.45) is 0.801. The van der Waals surface area contributed by atoms with Gasteiger partial charge in [0.15, 0.2) is 5.76 Å². The summed E-state index contributed by atoms with van der Waals surface area (Å²) < 4.78 is 5.43. The van der Waals surface area contributed by atoms with Crippen LogP contribution in [0.1, 0.15) is 22.0 Å². The Morgan fingerprint density at radius 1 is 1.04 bits per heavy atom. The van der Waals surface area contributed by atoms with E-state index in [1.807, 2.05) is 54.6 Å². The Labute approximate surface area is 156 Å². The van der Waals surface area contributed by atoms with Gasteiger partial charge in [0, 0.05) is 11.9 Å². The fourth-order valence-electron chi connectivity index (χ4n) is 2.99. The number of fused-ring (bicyclic) bond motifs is 1. The lowest BCUT2D eigenvalue weighted by atomic mass is 10.1. The van der Waals surface area contributed by atoms with Gasteiger partial charge in [-0.3, -0.25) is 4.79 Å². The van der Waals surface area contributed by atoms with Gasteiger partial charge in [0.2, 0.25) is 0 Å². The van der Waals surface area contributed by atoms with Gasteiger partial charge >= 0.3 is 0 Å². The van der Waals surface area contributed by atoms with E-state index in [4.69, 9.17) is 4.42 Å². The second-order valence-corrected chi connectivity index (χ2v) is 6.19. The van der Waals surface area contributed by atoms with Crippen LogP contribution in [-0.2, 0) is 0 Å². The van der Waals surface area contributed by atoms with Crippen LogP contribution in [-0.4, -0.2) is 22.5 Å². The van der Waals surface area contributed by atoms with Crippen LogP contribution in [0.4, 0.5) is 0 Å². The van der Waals surface area contributed by atoms with Gasteiger partial charge in [-0.15, -0.1) is 0 Å². The predicted molar refractivity (Wildman–Crippen MR) is 103 cm³/mol. The molecule has 0 aliphatic carbocycles. The maximum atomic E-state index is 12.8. The number of nitrogens with zero attached hydrogens (tertiary/aromatic N) is 1. The summed E-state index contributed by atoms with van der Waals surface area (Å²) in [4.78, 5) is 17.4. The molecule has 2 aromatic heterocycles. The third-order valence-corrected chi connectivity index (χ3v) is 4.37. The molecule has 1 amide bonds. The molecule has 27 heavy (non-hydrogen) atoms. The van der Waals surface area contributed by atoms with E-state index in [0.717, 1.165) is 10.9 Å². The molecule has 0 aliphatic heterocycles. The van der Waals surface area contributed by atoms with E-state index in [0.29, 0.717) is 22.5 Å². The molecular formula is C22H18N2O3. The van der Waals surface area contributed by atoms with Gasteiger partial charge in [-0.2, -0.15) is 0 Å². The highest BCUT2D eigenvalue weighted by atomic mass is 16.3. The van der Waals surface area contributed by atoms with E-state index in [-0.39, 0.29) is 12.5 Å². The van der Waals surface area contributed by atoms with Gasteiger partial charge in [-0.05, 0) is 29.8 Å². The second-order valence-electron chi connectivity index (χ2n) is 6.19. The Kier molecular flexibility index (Phi) is 4.68. The molecule has 1 atom stereocenters. The number of pyridine rings is 1. The summed E-state index contributed by atoms with van der Waals surface area (Å²) in [6.45, 7) is 0.121. The molecule has 2 N–H and O–H groups in total. The minimum Gasteiger partial charge on any atom is -0.463 e. The number of carbonyl (C=O) groups is 1. The van der Waals surface area contributed by atoms with Crippen molar-refractivity contribution in [2.45, 2.75) is 6.10 Å². The lowest BCUT2D eigenvalue weighted by molar-refractivity contribution is 0.0918. The molecule has 2 aromatic carbocycles. The van der Waals surface area contributed by atoms with Crippen LogP contribution in [0.2, 0.25) is 0 Å². The van der Waals surface area contributed by atoms with Crippen molar-refractivity contribution in [1.82, 2.24) is 10.3 Å². The monoisotopic (exact) mass is 358 g/mol. The summed E-state index contributed by atoms with van der Waals surface area (Å²) in [5, 5.41) is 13.9. The number of hydrogen-bond donors (Lipinski definition) is 2. The molecule has 0 spiro atoms. The number of aliphatic hydroxyl groups is 1. The molecule has 0 aliphatic rings. The van der Waals surface area contributed by atoms with Gasteiger partial charge in [0.05, 0.1) is 23.4 Å². The van der Waals surface area contributed by atoms with Crippen molar-refractivity contribution in [1.29, 1.82) is 0 Å². The zero-order valence-electron chi connectivity index (χ0n) is 14.5. The van der Waals surface area contributed by atoms with Gasteiger partial charge in [0.1, 0.15) is 5.69 Å². The lowest BCUT2D eigenvalue weighted by Gasteiger charge is -2.13. The number of aliphatic hydroxyl groups excluding tert-OH is 1. The van der Waals surface area contributed by atoms with Gasteiger partial charge in [-0.1, -0.05) is 48.5 Å². The van der Waals surface area contributed by atoms with Crippen LogP contribution in [0.5, 0.6) is 0 Å². The Morgan fingerprint density at radius 2 is 1.81 bits per heavy atom. The van der Waals surface area contributed by atoms with E-state index in [2.05, 4.69) is 10.3 Å². The van der Waals surface area contributed by atoms with Crippen molar-refractivity contribution in [3.8, 4) is 11.5 Å². The number of carbonyl (C=O) groups excluding carboxylic acids is 1. The van der Waals surface area contributed by atoms with E-state index in [1.165, 1.54) is 0 Å². The standard InChI is InChI=1S/C22H18N2O3/c25-20(15-7-2-1-3-8-15)14-23-22(26)17-13-19(21-11-6-12-27-21)24-18-10-5-4-9-16(17)18/h1-13,20,25H,14H2,(H,23,26). The Bertz CT molecular complexity index is 1060. The normalized spacial score (nSPS) is 12.0. The first-order chi connectivity index (χ1) is 13.2. The number of aromatic nitrogens is 1. The molecule has 1 unspecified atom stereocenters. The number of hydrogen-bond acceptors (Lipinski definition) is 4. The average Bonchev–Trinajstić information content (AvgIpc) is 3.26. The van der Waals surface area contributed by atoms with Crippen molar-refractivity contribution in [2.24, 2.45) is 0 Å². The summed E-state index contributed by atoms with van der Waals surface area (Å²) >= 11 is 0. The largest absolute Gasteiger partial charge is 0.463 e. The summed E-state index contributed by atoms with van der Waals surface area (Å²) in [5.74, 6) is 0.329. The molecule has 0 fully saturated rings. The maximum absolute atomic E-state index is 12.8. The Hall–Kier alpha value is -3.44. The van der Waals surface area contributed by atoms with Crippen LogP contribution >= 0.6 is 0 Å². The minimum atomic E-state index is -0.771. The molecule has 0 bridgehead atoms. The van der Waals surface area contributed by atoms with E-state index >= 15 is 0 Å². The van der Waals surface area contributed by atoms with Crippen molar-refractivity contribution >= 4 is 16.8 Å². The first kappa shape index (κ1) is 17.0. The highest BCUT2D eigenvalue weighted by molar-refractivity contribution is 6.07. The molecule has 134 valence electrons. The smallest absolute Gasteiger partial charge is 0.252 e. The molecule has 2 heterocycles. The first-order valence-electron chi connectivity index (χ1n) is 8.67. The summed E-state index contributed by atoms with van der Waals surface area (Å²) in [7, 11) is 0. The molecule has 0 saturated heterocycles. The van der Waals surface area contributed by atoms with Gasteiger partial charge < -0.3 is 14.8 Å². The zero-order valence-corrected chi connectivity index (χ0v) is 14.5. The molecular weight excluding hydrogens is 340 g/mol. The molecule has 4 rings (SSSR count). The lowest BCUT2D eigenvalue weighted by Crippen LogP contribution is -2.28. The quantitative estimate of drug-likeness (QED) is 0.566. The maximum Gasteiger partial charge on any atom is 0.252 e. The first-order valence-corrected chi connectivity index (χ1v) is 8.67. The van der Waals surface area contributed by atoms with Crippen molar-refractivity contribution in [3.05, 3.63) is 90.2 Å². The minimum absolute atomic E-state index is 0.121. The van der Waals surface area contributed by atoms with Crippen LogP contribution < -0.4 is 5.32 Å². The van der Waals surface area contributed by atoms with Gasteiger partial charge in [0.25, 0.3) is 5.91 Å². The molecule has 0 radical (unpaired) electrons. The van der Waals surface area contributed by atoms with Crippen molar-refractivity contribution < 1.29 is 14.3 Å².